The van der Waals surface area contributed by atoms with Crippen LogP contribution in [0.2, 0.25) is 5.02 Å². The number of hydrogen-bond donors (Lipinski definition) is 2. The van der Waals surface area contributed by atoms with Gasteiger partial charge in [0.2, 0.25) is 5.95 Å². The third-order valence-corrected chi connectivity index (χ3v) is 3.12. The number of halogens is 2. The van der Waals surface area contributed by atoms with E-state index < -0.39 is 5.82 Å². The number of hydrogen-bond acceptors (Lipinski definition) is 2. The van der Waals surface area contributed by atoms with Gasteiger partial charge < -0.3 is 10.3 Å². The summed E-state index contributed by atoms with van der Waals surface area (Å²) in [6, 6.07) is 12.4. The van der Waals surface area contributed by atoms with Crippen LogP contribution in [0.4, 0.5) is 10.3 Å². The Balaban J connectivity index is 1.76. The standard InChI is InChI=1S/C14H11ClFN3/c15-10-7-9(5-6-11(10)16)8-17-14-18-12-3-1-2-4-13(12)19-14/h1-7H,8H2,(H2,17,18,19). The van der Waals surface area contributed by atoms with Gasteiger partial charge in [0, 0.05) is 6.54 Å². The number of benzene rings is 2. The predicted molar refractivity (Wildman–Crippen MR) is 74.8 cm³/mol. The first-order chi connectivity index (χ1) is 9.22. The van der Waals surface area contributed by atoms with Crippen LogP contribution in [0.25, 0.3) is 11.0 Å². The van der Waals surface area contributed by atoms with Gasteiger partial charge >= 0.3 is 0 Å². The van der Waals surface area contributed by atoms with E-state index in [9.17, 15) is 4.39 Å². The number of nitrogens with zero attached hydrogens (tertiary/aromatic N) is 1. The van der Waals surface area contributed by atoms with Crippen LogP contribution in [0.15, 0.2) is 42.5 Å². The number of anilines is 1. The quantitative estimate of drug-likeness (QED) is 0.759. The van der Waals surface area contributed by atoms with Gasteiger partial charge in [-0.15, -0.1) is 0 Å². The number of aromatic amines is 1. The second-order valence-corrected chi connectivity index (χ2v) is 4.61. The lowest BCUT2D eigenvalue weighted by Gasteiger charge is -2.03. The van der Waals surface area contributed by atoms with Gasteiger partial charge in [-0.1, -0.05) is 29.8 Å². The Morgan fingerprint density at radius 3 is 2.84 bits per heavy atom. The third-order valence-electron chi connectivity index (χ3n) is 2.83. The van der Waals surface area contributed by atoms with Crippen LogP contribution in [0.3, 0.4) is 0 Å². The van der Waals surface area contributed by atoms with E-state index in [0.717, 1.165) is 16.6 Å². The molecule has 3 rings (SSSR count). The van der Waals surface area contributed by atoms with Gasteiger partial charge in [0.05, 0.1) is 16.1 Å². The van der Waals surface area contributed by atoms with E-state index in [0.29, 0.717) is 12.5 Å². The topological polar surface area (TPSA) is 40.7 Å². The molecule has 0 aliphatic rings. The molecule has 0 aliphatic carbocycles. The fourth-order valence-electron chi connectivity index (χ4n) is 1.87. The highest BCUT2D eigenvalue weighted by atomic mass is 35.5. The van der Waals surface area contributed by atoms with E-state index in [1.165, 1.54) is 6.07 Å². The Kier molecular flexibility index (Phi) is 3.09. The maximum atomic E-state index is 13.0. The van der Waals surface area contributed by atoms with E-state index in [-0.39, 0.29) is 5.02 Å². The van der Waals surface area contributed by atoms with Crippen molar-refractivity contribution in [2.45, 2.75) is 6.54 Å². The van der Waals surface area contributed by atoms with Crippen molar-refractivity contribution < 1.29 is 4.39 Å². The number of nitrogens with one attached hydrogen (secondary N) is 2. The molecule has 0 aliphatic heterocycles. The van der Waals surface area contributed by atoms with Crippen LogP contribution in [-0.2, 0) is 6.54 Å². The molecule has 5 heteroatoms. The van der Waals surface area contributed by atoms with Crippen LogP contribution in [0, 0.1) is 5.82 Å². The molecule has 96 valence electrons. The van der Waals surface area contributed by atoms with Crippen molar-refractivity contribution in [3.05, 3.63) is 58.9 Å². The monoisotopic (exact) mass is 275 g/mol. The Labute approximate surface area is 114 Å². The van der Waals surface area contributed by atoms with Gasteiger partial charge in [0.1, 0.15) is 5.82 Å². The zero-order valence-electron chi connectivity index (χ0n) is 9.95. The van der Waals surface area contributed by atoms with Crippen LogP contribution < -0.4 is 5.32 Å². The van der Waals surface area contributed by atoms with Gasteiger partial charge in [-0.3, -0.25) is 0 Å². The summed E-state index contributed by atoms with van der Waals surface area (Å²) in [4.78, 5) is 7.56. The minimum absolute atomic E-state index is 0.129. The summed E-state index contributed by atoms with van der Waals surface area (Å²) in [5, 5.41) is 3.28. The third kappa shape index (κ3) is 2.53. The second-order valence-electron chi connectivity index (χ2n) is 4.20. The Morgan fingerprint density at radius 2 is 2.05 bits per heavy atom. The average molecular weight is 276 g/mol. The molecule has 2 aromatic carbocycles. The van der Waals surface area contributed by atoms with E-state index in [2.05, 4.69) is 15.3 Å². The first-order valence-corrected chi connectivity index (χ1v) is 6.23. The molecule has 0 fully saturated rings. The van der Waals surface area contributed by atoms with E-state index in [1.54, 1.807) is 12.1 Å². The summed E-state index contributed by atoms with van der Waals surface area (Å²) in [5.41, 5.74) is 2.77. The molecule has 3 aromatic rings. The zero-order chi connectivity index (χ0) is 13.2. The van der Waals surface area contributed by atoms with Crippen molar-refractivity contribution in [2.75, 3.05) is 5.32 Å². The molecule has 1 heterocycles. The Hall–Kier alpha value is -2.07. The van der Waals surface area contributed by atoms with E-state index in [4.69, 9.17) is 11.6 Å². The minimum atomic E-state index is -0.408. The molecular weight excluding hydrogens is 265 g/mol. The molecule has 0 bridgehead atoms. The molecule has 0 atom stereocenters. The average Bonchev–Trinajstić information content (AvgIpc) is 2.83. The summed E-state index contributed by atoms with van der Waals surface area (Å²) in [7, 11) is 0. The number of aromatic nitrogens is 2. The largest absolute Gasteiger partial charge is 0.352 e. The Bertz CT molecular complexity index is 691. The van der Waals surface area contributed by atoms with Crippen molar-refractivity contribution >= 4 is 28.6 Å². The van der Waals surface area contributed by atoms with E-state index in [1.807, 2.05) is 24.3 Å². The number of imidazole rings is 1. The predicted octanol–water partition coefficient (Wildman–Crippen LogP) is 3.97. The lowest BCUT2D eigenvalue weighted by Crippen LogP contribution is -2.01. The zero-order valence-corrected chi connectivity index (χ0v) is 10.7. The van der Waals surface area contributed by atoms with Gasteiger partial charge in [-0.25, -0.2) is 9.37 Å². The number of rotatable bonds is 3. The summed E-state index contributed by atoms with van der Waals surface area (Å²) in [6.07, 6.45) is 0. The van der Waals surface area contributed by atoms with Crippen molar-refractivity contribution in [1.29, 1.82) is 0 Å². The smallest absolute Gasteiger partial charge is 0.201 e. The van der Waals surface area contributed by atoms with Crippen molar-refractivity contribution in [3.8, 4) is 0 Å². The highest BCUT2D eigenvalue weighted by Gasteiger charge is 2.03. The fraction of sp³-hybridized carbons (Fsp3) is 0.0714. The molecule has 3 nitrogen and oxygen atoms in total. The number of fused-ring (bicyclic) bond motifs is 1. The first-order valence-electron chi connectivity index (χ1n) is 5.85. The lowest BCUT2D eigenvalue weighted by atomic mass is 10.2. The van der Waals surface area contributed by atoms with Gasteiger partial charge in [0.25, 0.3) is 0 Å². The summed E-state index contributed by atoms with van der Waals surface area (Å²) in [6.45, 7) is 0.528. The van der Waals surface area contributed by atoms with Crippen molar-refractivity contribution in [3.63, 3.8) is 0 Å². The van der Waals surface area contributed by atoms with Crippen LogP contribution in [-0.4, -0.2) is 9.97 Å². The molecule has 0 spiro atoms. The van der Waals surface area contributed by atoms with Crippen LogP contribution in [0.1, 0.15) is 5.56 Å². The summed E-state index contributed by atoms with van der Waals surface area (Å²) < 4.78 is 13.0. The number of H-pyrrole nitrogens is 1. The summed E-state index contributed by atoms with van der Waals surface area (Å²) >= 11 is 5.73. The van der Waals surface area contributed by atoms with Crippen LogP contribution in [0.5, 0.6) is 0 Å². The molecule has 0 amide bonds. The fourth-order valence-corrected chi connectivity index (χ4v) is 2.08. The second kappa shape index (κ2) is 4.90. The van der Waals surface area contributed by atoms with Crippen molar-refractivity contribution in [2.24, 2.45) is 0 Å². The first kappa shape index (κ1) is 12.0. The van der Waals surface area contributed by atoms with Gasteiger partial charge in [-0.05, 0) is 29.8 Å². The molecular formula is C14H11ClFN3. The SMILES string of the molecule is Fc1ccc(CNc2nc3ccccc3[nH]2)cc1Cl. The molecule has 19 heavy (non-hydrogen) atoms. The van der Waals surface area contributed by atoms with E-state index >= 15 is 0 Å². The molecule has 0 saturated heterocycles. The lowest BCUT2D eigenvalue weighted by molar-refractivity contribution is 0.627. The Morgan fingerprint density at radius 1 is 1.21 bits per heavy atom. The van der Waals surface area contributed by atoms with Gasteiger partial charge in [-0.2, -0.15) is 0 Å². The molecule has 2 N–H and O–H groups in total. The number of para-hydroxylation sites is 2. The van der Waals surface area contributed by atoms with Crippen LogP contribution >= 0.6 is 11.6 Å². The van der Waals surface area contributed by atoms with Crippen molar-refractivity contribution in [1.82, 2.24) is 9.97 Å². The maximum Gasteiger partial charge on any atom is 0.201 e. The summed E-state index contributed by atoms with van der Waals surface area (Å²) in [5.74, 6) is 0.274. The maximum absolute atomic E-state index is 13.0. The van der Waals surface area contributed by atoms with Gasteiger partial charge in [0.15, 0.2) is 0 Å². The highest BCUT2D eigenvalue weighted by Crippen LogP contribution is 2.18. The molecule has 0 unspecified atom stereocenters. The molecule has 0 radical (unpaired) electrons. The molecule has 0 saturated carbocycles. The minimum Gasteiger partial charge on any atom is -0.352 e. The normalized spacial score (nSPS) is 10.8. The molecule has 1 aromatic heterocycles. The highest BCUT2D eigenvalue weighted by molar-refractivity contribution is 6.30.